The van der Waals surface area contributed by atoms with Gasteiger partial charge in [0.2, 0.25) is 0 Å². The molecule has 170 valence electrons. The Balaban J connectivity index is 2.13. The van der Waals surface area contributed by atoms with Crippen LogP contribution in [0.4, 0.5) is 0 Å². The molecule has 3 rings (SSSR count). The van der Waals surface area contributed by atoms with Gasteiger partial charge in [-0.15, -0.1) is 22.7 Å². The Morgan fingerprint density at radius 2 is 1.19 bits per heavy atom. The second kappa shape index (κ2) is 11.0. The first-order valence-corrected chi connectivity index (χ1v) is 13.9. The Hall–Kier alpha value is -1.26. The molecule has 0 amide bonds. The minimum absolute atomic E-state index is 0.0526. The molecular weight excluding hydrogens is 420 g/mol. The second-order valence-corrected chi connectivity index (χ2v) is 11.5. The number of hydrogen-bond donors (Lipinski definition) is 0. The van der Waals surface area contributed by atoms with E-state index in [0.717, 1.165) is 35.2 Å². The van der Waals surface area contributed by atoms with Crippen molar-refractivity contribution in [3.8, 4) is 9.75 Å². The van der Waals surface area contributed by atoms with Crippen molar-refractivity contribution in [2.24, 2.45) is 11.8 Å². The number of fused-ring (bicyclic) bond motifs is 3. The molecule has 0 spiro atoms. The highest BCUT2D eigenvalue weighted by Gasteiger charge is 2.47. The smallest absolute Gasteiger partial charge is 0.160 e. The normalized spacial score (nSPS) is 16.0. The summed E-state index contributed by atoms with van der Waals surface area (Å²) in [6.45, 7) is 9.20. The average Bonchev–Trinajstić information content (AvgIpc) is 3.46. The minimum atomic E-state index is -0.0526. The molecule has 0 saturated carbocycles. The van der Waals surface area contributed by atoms with Crippen molar-refractivity contribution in [2.75, 3.05) is 0 Å². The molecule has 2 aromatic heterocycles. The monoisotopic (exact) mass is 458 g/mol. The summed E-state index contributed by atoms with van der Waals surface area (Å²) in [6, 6.07) is 4.36. The molecule has 0 saturated heterocycles. The lowest BCUT2D eigenvalue weighted by Crippen LogP contribution is -2.31. The van der Waals surface area contributed by atoms with Crippen LogP contribution in [0.15, 0.2) is 12.1 Å². The molecular formula is C27H38O2S2. The fourth-order valence-electron chi connectivity index (χ4n) is 5.53. The predicted octanol–water partition coefficient (Wildman–Crippen LogP) is 8.91. The lowest BCUT2D eigenvalue weighted by molar-refractivity contribution is 0.111. The molecule has 1 aliphatic rings. The first-order valence-electron chi connectivity index (χ1n) is 12.3. The van der Waals surface area contributed by atoms with Crippen molar-refractivity contribution in [3.63, 3.8) is 0 Å². The number of carbonyl (C=O) groups is 2. The van der Waals surface area contributed by atoms with Crippen LogP contribution in [0.2, 0.25) is 0 Å². The van der Waals surface area contributed by atoms with Crippen molar-refractivity contribution >= 4 is 35.2 Å². The van der Waals surface area contributed by atoms with Crippen LogP contribution in [0.1, 0.15) is 122 Å². The summed E-state index contributed by atoms with van der Waals surface area (Å²) in [4.78, 5) is 27.5. The lowest BCUT2D eigenvalue weighted by atomic mass is 9.65. The summed E-state index contributed by atoms with van der Waals surface area (Å²) in [7, 11) is 0. The van der Waals surface area contributed by atoms with E-state index >= 15 is 0 Å². The molecule has 2 atom stereocenters. The fraction of sp³-hybridized carbons (Fsp3) is 0.630. The van der Waals surface area contributed by atoms with Gasteiger partial charge in [-0.25, -0.2) is 0 Å². The van der Waals surface area contributed by atoms with Gasteiger partial charge in [0.05, 0.1) is 9.75 Å². The molecule has 0 aliphatic heterocycles. The highest BCUT2D eigenvalue weighted by atomic mass is 32.1. The van der Waals surface area contributed by atoms with Gasteiger partial charge >= 0.3 is 0 Å². The van der Waals surface area contributed by atoms with Gasteiger partial charge < -0.3 is 0 Å². The number of thiophene rings is 2. The van der Waals surface area contributed by atoms with Crippen LogP contribution in [0.25, 0.3) is 9.75 Å². The van der Waals surface area contributed by atoms with E-state index in [1.807, 2.05) is 0 Å². The van der Waals surface area contributed by atoms with Crippen LogP contribution in [-0.2, 0) is 5.41 Å². The Morgan fingerprint density at radius 1 is 0.774 bits per heavy atom. The Kier molecular flexibility index (Phi) is 8.69. The van der Waals surface area contributed by atoms with E-state index in [0.29, 0.717) is 11.8 Å². The summed E-state index contributed by atoms with van der Waals surface area (Å²) in [5.74, 6) is 1.34. The number of carbonyl (C=O) groups excluding carboxylic acids is 2. The van der Waals surface area contributed by atoms with Crippen molar-refractivity contribution in [2.45, 2.75) is 97.3 Å². The third-order valence-corrected chi connectivity index (χ3v) is 9.62. The maximum Gasteiger partial charge on any atom is 0.160 e. The van der Waals surface area contributed by atoms with Crippen LogP contribution in [0.5, 0.6) is 0 Å². The summed E-state index contributed by atoms with van der Waals surface area (Å²) in [6.07, 6.45) is 14.2. The van der Waals surface area contributed by atoms with Crippen LogP contribution in [-0.4, -0.2) is 12.6 Å². The van der Waals surface area contributed by atoms with Gasteiger partial charge in [-0.3, -0.25) is 9.59 Å². The Bertz CT molecular complexity index is 804. The van der Waals surface area contributed by atoms with Gasteiger partial charge in [-0.1, -0.05) is 79.1 Å². The SMILES string of the molecule is CCCCC(CC)CC1(CC(CC)CCCC)c2cc(C=O)sc2-c2sc(C=O)cc21. The molecule has 31 heavy (non-hydrogen) atoms. The minimum Gasteiger partial charge on any atom is -0.297 e. The summed E-state index contributed by atoms with van der Waals surface area (Å²) < 4.78 is 0. The predicted molar refractivity (Wildman–Crippen MR) is 135 cm³/mol. The molecule has 0 radical (unpaired) electrons. The van der Waals surface area contributed by atoms with Gasteiger partial charge in [0.25, 0.3) is 0 Å². The number of hydrogen-bond acceptors (Lipinski definition) is 4. The highest BCUT2D eigenvalue weighted by Crippen LogP contribution is 2.60. The maximum atomic E-state index is 11.7. The maximum absolute atomic E-state index is 11.7. The van der Waals surface area contributed by atoms with Gasteiger partial charge in [0.15, 0.2) is 12.6 Å². The van der Waals surface area contributed by atoms with Gasteiger partial charge in [-0.2, -0.15) is 0 Å². The molecule has 0 aromatic carbocycles. The van der Waals surface area contributed by atoms with Crippen molar-refractivity contribution < 1.29 is 9.59 Å². The average molecular weight is 459 g/mol. The van der Waals surface area contributed by atoms with Crippen molar-refractivity contribution in [1.29, 1.82) is 0 Å². The zero-order valence-electron chi connectivity index (χ0n) is 19.7. The molecule has 2 aromatic rings. The zero-order chi connectivity index (χ0) is 22.4. The van der Waals surface area contributed by atoms with E-state index in [4.69, 9.17) is 0 Å². The largest absolute Gasteiger partial charge is 0.297 e. The Labute approximate surface area is 196 Å². The molecule has 1 aliphatic carbocycles. The van der Waals surface area contributed by atoms with Crippen molar-refractivity contribution in [1.82, 2.24) is 0 Å². The first-order chi connectivity index (χ1) is 15.1. The quantitative estimate of drug-likeness (QED) is 0.265. The molecule has 0 fully saturated rings. The van der Waals surface area contributed by atoms with E-state index in [9.17, 15) is 9.59 Å². The molecule has 2 unspecified atom stereocenters. The van der Waals surface area contributed by atoms with Gasteiger partial charge in [0, 0.05) is 15.2 Å². The van der Waals surface area contributed by atoms with E-state index in [-0.39, 0.29) is 5.41 Å². The van der Waals surface area contributed by atoms with E-state index in [1.165, 1.54) is 72.2 Å². The third-order valence-electron chi connectivity index (χ3n) is 7.33. The number of aldehydes is 2. The number of unbranched alkanes of at least 4 members (excludes halogenated alkanes) is 2. The standard InChI is InChI=1S/C27H38O2S2/c1-5-9-11-19(7-3)15-27(16-20(8-4)12-10-6-2)23-13-21(17-28)30-25(23)26-24(27)14-22(18-29)31-26/h13-14,17-20H,5-12,15-16H2,1-4H3. The summed E-state index contributed by atoms with van der Waals surface area (Å²) in [5.41, 5.74) is 2.70. The van der Waals surface area contributed by atoms with E-state index in [2.05, 4.69) is 39.8 Å². The van der Waals surface area contributed by atoms with Gasteiger partial charge in [-0.05, 0) is 47.9 Å². The molecule has 2 nitrogen and oxygen atoms in total. The molecule has 0 N–H and O–H groups in total. The fourth-order valence-corrected chi connectivity index (χ4v) is 7.83. The van der Waals surface area contributed by atoms with Crippen LogP contribution < -0.4 is 0 Å². The second-order valence-electron chi connectivity index (χ2n) is 9.34. The zero-order valence-corrected chi connectivity index (χ0v) is 21.3. The summed E-state index contributed by atoms with van der Waals surface area (Å²) in [5, 5.41) is 0. The molecule has 2 heterocycles. The van der Waals surface area contributed by atoms with Crippen LogP contribution in [0.3, 0.4) is 0 Å². The molecule has 4 heteroatoms. The van der Waals surface area contributed by atoms with Gasteiger partial charge in [0.1, 0.15) is 0 Å². The third kappa shape index (κ3) is 4.90. The molecule has 0 bridgehead atoms. The Morgan fingerprint density at radius 3 is 1.52 bits per heavy atom. The van der Waals surface area contributed by atoms with Crippen LogP contribution >= 0.6 is 22.7 Å². The van der Waals surface area contributed by atoms with E-state index < -0.39 is 0 Å². The van der Waals surface area contributed by atoms with Crippen LogP contribution in [0, 0.1) is 11.8 Å². The first kappa shape index (κ1) is 24.4. The lowest BCUT2D eigenvalue weighted by Gasteiger charge is -2.37. The number of rotatable bonds is 14. The topological polar surface area (TPSA) is 34.1 Å². The summed E-state index contributed by atoms with van der Waals surface area (Å²) >= 11 is 3.24. The highest BCUT2D eigenvalue weighted by molar-refractivity contribution is 7.24. The van der Waals surface area contributed by atoms with E-state index in [1.54, 1.807) is 22.7 Å². The van der Waals surface area contributed by atoms with Crippen molar-refractivity contribution in [3.05, 3.63) is 33.0 Å².